The largest absolute Gasteiger partial charge is 0.370 e. The summed E-state index contributed by atoms with van der Waals surface area (Å²) in [5.74, 6) is -2.20. The standard InChI is InChI=1S/C12H18F2N4O2/c1-2-3-16-11-8(13)6-9(14)12(18-11)17-4-5-20-7-10(15)19/h6H,2-5,7H2,1H3,(H2,15,19)(H2,16,17,18). The molecule has 0 fully saturated rings. The molecule has 0 aliphatic rings. The van der Waals surface area contributed by atoms with Gasteiger partial charge in [0.05, 0.1) is 6.61 Å². The summed E-state index contributed by atoms with van der Waals surface area (Å²) < 4.78 is 31.8. The predicted molar refractivity (Wildman–Crippen MR) is 71.4 cm³/mol. The molecule has 1 aromatic heterocycles. The van der Waals surface area contributed by atoms with Crippen LogP contribution < -0.4 is 16.4 Å². The van der Waals surface area contributed by atoms with E-state index in [9.17, 15) is 13.6 Å². The number of rotatable bonds is 9. The van der Waals surface area contributed by atoms with Gasteiger partial charge in [-0.05, 0) is 6.42 Å². The highest BCUT2D eigenvalue weighted by molar-refractivity contribution is 5.74. The van der Waals surface area contributed by atoms with Crippen molar-refractivity contribution in [3.8, 4) is 0 Å². The highest BCUT2D eigenvalue weighted by Gasteiger charge is 2.11. The van der Waals surface area contributed by atoms with Gasteiger partial charge < -0.3 is 21.1 Å². The van der Waals surface area contributed by atoms with E-state index in [1.165, 1.54) is 0 Å². The Morgan fingerprint density at radius 3 is 2.45 bits per heavy atom. The summed E-state index contributed by atoms with van der Waals surface area (Å²) >= 11 is 0. The number of aromatic nitrogens is 1. The van der Waals surface area contributed by atoms with E-state index in [-0.39, 0.29) is 31.4 Å². The number of pyridine rings is 1. The number of carbonyl (C=O) groups is 1. The molecule has 0 saturated heterocycles. The molecule has 0 atom stereocenters. The molecule has 4 N–H and O–H groups in total. The van der Waals surface area contributed by atoms with Gasteiger partial charge in [-0.15, -0.1) is 0 Å². The molecule has 0 aliphatic heterocycles. The van der Waals surface area contributed by atoms with Gasteiger partial charge in [0.1, 0.15) is 6.61 Å². The predicted octanol–water partition coefficient (Wildman–Crippen LogP) is 1.10. The van der Waals surface area contributed by atoms with Crippen LogP contribution in [0.5, 0.6) is 0 Å². The van der Waals surface area contributed by atoms with Crippen molar-refractivity contribution >= 4 is 17.5 Å². The van der Waals surface area contributed by atoms with Gasteiger partial charge in [-0.3, -0.25) is 4.79 Å². The summed E-state index contributed by atoms with van der Waals surface area (Å²) in [7, 11) is 0. The molecule has 0 unspecified atom stereocenters. The number of nitrogens with zero attached hydrogens (tertiary/aromatic N) is 1. The van der Waals surface area contributed by atoms with Crippen LogP contribution in [-0.2, 0) is 9.53 Å². The van der Waals surface area contributed by atoms with E-state index in [2.05, 4.69) is 15.6 Å². The molecule has 0 bridgehead atoms. The van der Waals surface area contributed by atoms with E-state index < -0.39 is 17.5 Å². The first-order chi connectivity index (χ1) is 9.54. The van der Waals surface area contributed by atoms with Crippen LogP contribution >= 0.6 is 0 Å². The number of nitrogens with one attached hydrogen (secondary N) is 2. The number of nitrogens with two attached hydrogens (primary N) is 1. The Labute approximate surface area is 115 Å². The van der Waals surface area contributed by atoms with Gasteiger partial charge in [0, 0.05) is 19.2 Å². The zero-order valence-electron chi connectivity index (χ0n) is 11.2. The molecular weight excluding hydrogens is 270 g/mol. The van der Waals surface area contributed by atoms with Crippen molar-refractivity contribution in [2.75, 3.05) is 36.9 Å². The molecule has 0 aliphatic carbocycles. The fourth-order valence-corrected chi connectivity index (χ4v) is 1.37. The molecule has 1 heterocycles. The lowest BCUT2D eigenvalue weighted by Crippen LogP contribution is -2.21. The van der Waals surface area contributed by atoms with Crippen LogP contribution in [0.4, 0.5) is 20.4 Å². The Hall–Kier alpha value is -1.96. The molecule has 0 radical (unpaired) electrons. The third kappa shape index (κ3) is 5.35. The summed E-state index contributed by atoms with van der Waals surface area (Å²) in [5, 5.41) is 5.42. The first-order valence-corrected chi connectivity index (χ1v) is 6.24. The monoisotopic (exact) mass is 288 g/mol. The number of carbonyl (C=O) groups excluding carboxylic acids is 1. The van der Waals surface area contributed by atoms with Gasteiger partial charge >= 0.3 is 0 Å². The summed E-state index contributed by atoms with van der Waals surface area (Å²) in [6.07, 6.45) is 0.794. The second-order valence-electron chi connectivity index (χ2n) is 4.02. The number of amides is 1. The maximum atomic E-state index is 13.5. The van der Waals surface area contributed by atoms with Crippen molar-refractivity contribution < 1.29 is 18.3 Å². The lowest BCUT2D eigenvalue weighted by molar-refractivity contribution is -0.122. The second kappa shape index (κ2) is 8.26. The maximum Gasteiger partial charge on any atom is 0.243 e. The van der Waals surface area contributed by atoms with E-state index in [4.69, 9.17) is 10.5 Å². The van der Waals surface area contributed by atoms with E-state index in [1.807, 2.05) is 6.92 Å². The highest BCUT2D eigenvalue weighted by Crippen LogP contribution is 2.18. The lowest BCUT2D eigenvalue weighted by atomic mass is 10.3. The summed E-state index contributed by atoms with van der Waals surface area (Å²) in [6, 6.07) is 0.762. The summed E-state index contributed by atoms with van der Waals surface area (Å²) in [6.45, 7) is 2.62. The third-order valence-corrected chi connectivity index (χ3v) is 2.26. The van der Waals surface area contributed by atoms with Gasteiger partial charge in [0.2, 0.25) is 5.91 Å². The first-order valence-electron chi connectivity index (χ1n) is 6.24. The minimum atomic E-state index is -0.792. The molecule has 8 heteroatoms. The van der Waals surface area contributed by atoms with Crippen molar-refractivity contribution in [2.45, 2.75) is 13.3 Å². The normalized spacial score (nSPS) is 10.3. The van der Waals surface area contributed by atoms with Crippen LogP contribution in [0, 0.1) is 11.6 Å². The fraction of sp³-hybridized carbons (Fsp3) is 0.500. The molecule has 1 rings (SSSR count). The van der Waals surface area contributed by atoms with Gasteiger partial charge in [0.25, 0.3) is 0 Å². The van der Waals surface area contributed by atoms with E-state index in [1.54, 1.807) is 0 Å². The smallest absolute Gasteiger partial charge is 0.243 e. The average molecular weight is 288 g/mol. The van der Waals surface area contributed by atoms with Crippen molar-refractivity contribution in [2.24, 2.45) is 5.73 Å². The quantitative estimate of drug-likeness (QED) is 0.592. The highest BCUT2D eigenvalue weighted by atomic mass is 19.1. The minimum absolute atomic E-state index is 0.00574. The van der Waals surface area contributed by atoms with Crippen LogP contribution in [0.2, 0.25) is 0 Å². The van der Waals surface area contributed by atoms with Crippen LogP contribution in [0.15, 0.2) is 6.07 Å². The Kier molecular flexibility index (Phi) is 6.65. The zero-order chi connectivity index (χ0) is 15.0. The van der Waals surface area contributed by atoms with Crippen molar-refractivity contribution in [3.63, 3.8) is 0 Å². The molecule has 0 saturated carbocycles. The van der Waals surface area contributed by atoms with Crippen molar-refractivity contribution in [1.82, 2.24) is 4.98 Å². The van der Waals surface area contributed by atoms with Gasteiger partial charge in [0.15, 0.2) is 23.3 Å². The molecular formula is C12H18F2N4O2. The molecule has 0 aromatic carbocycles. The Balaban J connectivity index is 2.53. The summed E-state index contributed by atoms with van der Waals surface area (Å²) in [5.41, 5.74) is 4.89. The second-order valence-corrected chi connectivity index (χ2v) is 4.02. The molecule has 1 aromatic rings. The van der Waals surface area contributed by atoms with Crippen molar-refractivity contribution in [1.29, 1.82) is 0 Å². The first kappa shape index (κ1) is 16.1. The third-order valence-electron chi connectivity index (χ3n) is 2.26. The van der Waals surface area contributed by atoms with Crippen LogP contribution in [0.3, 0.4) is 0 Å². The Bertz CT molecular complexity index is 457. The number of halogens is 2. The van der Waals surface area contributed by atoms with Gasteiger partial charge in [-0.1, -0.05) is 6.92 Å². The summed E-state index contributed by atoms with van der Waals surface area (Å²) in [4.78, 5) is 14.2. The number of primary amides is 1. The number of hydrogen-bond acceptors (Lipinski definition) is 5. The topological polar surface area (TPSA) is 89.3 Å². The van der Waals surface area contributed by atoms with Gasteiger partial charge in [-0.2, -0.15) is 0 Å². The number of hydrogen-bond donors (Lipinski definition) is 3. The van der Waals surface area contributed by atoms with E-state index in [0.29, 0.717) is 6.54 Å². The van der Waals surface area contributed by atoms with Gasteiger partial charge in [-0.25, -0.2) is 13.8 Å². The molecule has 20 heavy (non-hydrogen) atoms. The average Bonchev–Trinajstić information content (AvgIpc) is 2.39. The fourth-order valence-electron chi connectivity index (χ4n) is 1.37. The molecule has 0 spiro atoms. The van der Waals surface area contributed by atoms with E-state index in [0.717, 1.165) is 12.5 Å². The molecule has 6 nitrogen and oxygen atoms in total. The Morgan fingerprint density at radius 2 is 1.90 bits per heavy atom. The van der Waals surface area contributed by atoms with E-state index >= 15 is 0 Å². The lowest BCUT2D eigenvalue weighted by Gasteiger charge is -2.10. The number of anilines is 2. The van der Waals surface area contributed by atoms with Crippen molar-refractivity contribution in [3.05, 3.63) is 17.7 Å². The minimum Gasteiger partial charge on any atom is -0.370 e. The van der Waals surface area contributed by atoms with Crippen LogP contribution in [-0.4, -0.2) is 37.2 Å². The number of ether oxygens (including phenoxy) is 1. The van der Waals surface area contributed by atoms with Crippen LogP contribution in [0.1, 0.15) is 13.3 Å². The maximum absolute atomic E-state index is 13.5. The molecule has 112 valence electrons. The SMILES string of the molecule is CCCNc1nc(NCCOCC(N)=O)c(F)cc1F. The Morgan fingerprint density at radius 1 is 1.30 bits per heavy atom. The molecule has 1 amide bonds. The zero-order valence-corrected chi connectivity index (χ0v) is 11.2. The van der Waals surface area contributed by atoms with Crippen LogP contribution in [0.25, 0.3) is 0 Å².